The first-order chi connectivity index (χ1) is 8.58. The zero-order valence-corrected chi connectivity index (χ0v) is 10.7. The normalized spacial score (nSPS) is 21.8. The fraction of sp³-hybridized carbons (Fsp3) is 0.500. The second-order valence-corrected chi connectivity index (χ2v) is 5.08. The smallest absolute Gasteiger partial charge is 0.407 e. The van der Waals surface area contributed by atoms with Gasteiger partial charge in [-0.15, -0.1) is 0 Å². The molecule has 1 aliphatic rings. The van der Waals surface area contributed by atoms with Crippen LogP contribution in [0.4, 0.5) is 4.79 Å². The molecule has 0 aromatic heterocycles. The zero-order chi connectivity index (χ0) is 13.1. The van der Waals surface area contributed by atoms with Crippen LogP contribution in [0.25, 0.3) is 0 Å². The van der Waals surface area contributed by atoms with Gasteiger partial charge in [-0.3, -0.25) is 0 Å². The average molecular weight is 249 g/mol. The maximum absolute atomic E-state index is 11.6. The van der Waals surface area contributed by atoms with E-state index in [1.165, 1.54) is 0 Å². The fourth-order valence-corrected chi connectivity index (χ4v) is 2.16. The highest BCUT2D eigenvalue weighted by molar-refractivity contribution is 5.68. The van der Waals surface area contributed by atoms with E-state index in [-0.39, 0.29) is 6.04 Å². The van der Waals surface area contributed by atoms with Gasteiger partial charge in [0.05, 0.1) is 18.8 Å². The minimum atomic E-state index is -0.575. The number of aliphatic hydroxyl groups is 1. The van der Waals surface area contributed by atoms with Crippen LogP contribution < -0.4 is 5.32 Å². The molecule has 0 bridgehead atoms. The third kappa shape index (κ3) is 2.82. The number of hydrogen-bond donors (Lipinski definition) is 2. The van der Waals surface area contributed by atoms with Crippen LogP contribution in [0.2, 0.25) is 0 Å². The van der Waals surface area contributed by atoms with Crippen LogP contribution >= 0.6 is 0 Å². The molecular weight excluding hydrogens is 230 g/mol. The van der Waals surface area contributed by atoms with Crippen molar-refractivity contribution in [2.75, 3.05) is 6.61 Å². The maximum atomic E-state index is 11.6. The van der Waals surface area contributed by atoms with E-state index in [1.807, 2.05) is 38.1 Å². The van der Waals surface area contributed by atoms with Gasteiger partial charge in [0, 0.05) is 6.42 Å². The van der Waals surface area contributed by atoms with Gasteiger partial charge in [0.15, 0.2) is 0 Å². The van der Waals surface area contributed by atoms with Crippen LogP contribution in [0.3, 0.4) is 0 Å². The number of alkyl carbamates (subject to hydrolysis) is 1. The molecule has 2 unspecified atom stereocenters. The Bertz CT molecular complexity index is 431. The van der Waals surface area contributed by atoms with Crippen molar-refractivity contribution in [2.24, 2.45) is 5.92 Å². The summed E-state index contributed by atoms with van der Waals surface area (Å²) in [5.74, 6) is 0.302. The molecule has 4 heteroatoms. The number of carbonyl (C=O) groups is 1. The second kappa shape index (κ2) is 5.40. The summed E-state index contributed by atoms with van der Waals surface area (Å²) >= 11 is 0. The first kappa shape index (κ1) is 12.9. The predicted molar refractivity (Wildman–Crippen MR) is 68.2 cm³/mol. The molecule has 0 aliphatic heterocycles. The molecule has 0 fully saturated rings. The number of hydrogen-bond acceptors (Lipinski definition) is 3. The molecule has 98 valence electrons. The van der Waals surface area contributed by atoms with Crippen LogP contribution in [-0.2, 0) is 11.2 Å². The number of carbonyl (C=O) groups excluding carboxylic acids is 1. The second-order valence-electron chi connectivity index (χ2n) is 5.08. The van der Waals surface area contributed by atoms with Crippen LogP contribution in [0.5, 0.6) is 0 Å². The molecule has 2 rings (SSSR count). The molecule has 0 radical (unpaired) electrons. The minimum Gasteiger partial charge on any atom is -0.449 e. The highest BCUT2D eigenvalue weighted by atomic mass is 16.5. The lowest BCUT2D eigenvalue weighted by Gasteiger charge is -2.18. The van der Waals surface area contributed by atoms with Gasteiger partial charge < -0.3 is 15.2 Å². The molecule has 1 aliphatic carbocycles. The minimum absolute atomic E-state index is 0.302. The van der Waals surface area contributed by atoms with E-state index < -0.39 is 12.2 Å². The molecule has 2 atom stereocenters. The standard InChI is InChI=1S/C14H19NO3/c1-9(2)8-18-14(17)15-13-11-6-4-3-5-10(11)7-12(13)16/h3-6,9,12-13,16H,7-8H2,1-2H3,(H,15,17). The first-order valence-electron chi connectivity index (χ1n) is 6.27. The third-order valence-corrected chi connectivity index (χ3v) is 3.03. The van der Waals surface area contributed by atoms with Crippen LogP contribution in [0, 0.1) is 5.92 Å². The lowest BCUT2D eigenvalue weighted by Crippen LogP contribution is -2.34. The lowest BCUT2D eigenvalue weighted by molar-refractivity contribution is 0.106. The van der Waals surface area contributed by atoms with Crippen molar-refractivity contribution in [2.45, 2.75) is 32.4 Å². The molecule has 0 heterocycles. The van der Waals surface area contributed by atoms with Gasteiger partial charge in [-0.05, 0) is 17.0 Å². The number of fused-ring (bicyclic) bond motifs is 1. The van der Waals surface area contributed by atoms with E-state index in [0.29, 0.717) is 18.9 Å². The van der Waals surface area contributed by atoms with E-state index >= 15 is 0 Å². The summed E-state index contributed by atoms with van der Waals surface area (Å²) < 4.78 is 5.07. The Morgan fingerprint density at radius 3 is 2.94 bits per heavy atom. The highest BCUT2D eigenvalue weighted by Gasteiger charge is 2.32. The summed E-state index contributed by atoms with van der Waals surface area (Å²) in [4.78, 5) is 11.6. The van der Waals surface area contributed by atoms with E-state index in [4.69, 9.17) is 4.74 Å². The van der Waals surface area contributed by atoms with Gasteiger partial charge in [0.1, 0.15) is 0 Å². The number of benzene rings is 1. The van der Waals surface area contributed by atoms with Gasteiger partial charge in [-0.25, -0.2) is 4.79 Å². The SMILES string of the molecule is CC(C)COC(=O)NC1c2ccccc2CC1O. The first-order valence-corrected chi connectivity index (χ1v) is 6.27. The maximum Gasteiger partial charge on any atom is 0.407 e. The molecule has 0 saturated carbocycles. The number of nitrogens with one attached hydrogen (secondary N) is 1. The molecule has 1 aromatic carbocycles. The van der Waals surface area contributed by atoms with Gasteiger partial charge in [0.2, 0.25) is 0 Å². The summed E-state index contributed by atoms with van der Waals surface area (Å²) in [7, 11) is 0. The molecular formula is C14H19NO3. The van der Waals surface area contributed by atoms with Crippen molar-refractivity contribution >= 4 is 6.09 Å². The average Bonchev–Trinajstić information content (AvgIpc) is 2.64. The van der Waals surface area contributed by atoms with E-state index in [0.717, 1.165) is 11.1 Å². The Hall–Kier alpha value is -1.55. The predicted octanol–water partition coefficient (Wildman–Crippen LogP) is 2.03. The lowest BCUT2D eigenvalue weighted by atomic mass is 10.1. The highest BCUT2D eigenvalue weighted by Crippen LogP contribution is 2.31. The summed E-state index contributed by atoms with van der Waals surface area (Å²) in [5, 5.41) is 12.7. The van der Waals surface area contributed by atoms with Gasteiger partial charge in [-0.2, -0.15) is 0 Å². The Labute approximate surface area is 107 Å². The molecule has 4 nitrogen and oxygen atoms in total. The van der Waals surface area contributed by atoms with Gasteiger partial charge in [0.25, 0.3) is 0 Å². The van der Waals surface area contributed by atoms with Crippen LogP contribution in [0.1, 0.15) is 31.0 Å². The summed E-state index contributed by atoms with van der Waals surface area (Å²) in [6, 6.07) is 7.38. The quantitative estimate of drug-likeness (QED) is 0.861. The topological polar surface area (TPSA) is 58.6 Å². The fourth-order valence-electron chi connectivity index (χ4n) is 2.16. The number of rotatable bonds is 3. The Morgan fingerprint density at radius 2 is 2.22 bits per heavy atom. The Kier molecular flexibility index (Phi) is 3.87. The Morgan fingerprint density at radius 1 is 1.50 bits per heavy atom. The zero-order valence-electron chi connectivity index (χ0n) is 10.7. The molecule has 0 saturated heterocycles. The number of amides is 1. The van der Waals surface area contributed by atoms with Crippen LogP contribution in [-0.4, -0.2) is 23.9 Å². The van der Waals surface area contributed by atoms with E-state index in [1.54, 1.807) is 0 Å². The summed E-state index contributed by atoms with van der Waals surface area (Å²) in [5.41, 5.74) is 2.06. The molecule has 1 aromatic rings. The van der Waals surface area contributed by atoms with Gasteiger partial charge >= 0.3 is 6.09 Å². The van der Waals surface area contributed by atoms with Crippen molar-refractivity contribution in [3.63, 3.8) is 0 Å². The molecule has 1 amide bonds. The van der Waals surface area contributed by atoms with Crippen molar-refractivity contribution in [3.05, 3.63) is 35.4 Å². The summed E-state index contributed by atoms with van der Waals surface area (Å²) in [6.07, 6.45) is -0.468. The van der Waals surface area contributed by atoms with Crippen molar-refractivity contribution in [1.29, 1.82) is 0 Å². The molecule has 0 spiro atoms. The van der Waals surface area contributed by atoms with E-state index in [2.05, 4.69) is 5.32 Å². The third-order valence-electron chi connectivity index (χ3n) is 3.03. The monoisotopic (exact) mass is 249 g/mol. The van der Waals surface area contributed by atoms with Crippen LogP contribution in [0.15, 0.2) is 24.3 Å². The van der Waals surface area contributed by atoms with Crippen molar-refractivity contribution < 1.29 is 14.6 Å². The summed E-state index contributed by atoms with van der Waals surface area (Å²) in [6.45, 7) is 4.34. The largest absolute Gasteiger partial charge is 0.449 e. The molecule has 2 N–H and O–H groups in total. The number of aliphatic hydroxyl groups excluding tert-OH is 1. The van der Waals surface area contributed by atoms with Crippen molar-refractivity contribution in [1.82, 2.24) is 5.32 Å². The molecule has 18 heavy (non-hydrogen) atoms. The van der Waals surface area contributed by atoms with E-state index in [9.17, 15) is 9.90 Å². The number of ether oxygens (including phenoxy) is 1. The van der Waals surface area contributed by atoms with Gasteiger partial charge in [-0.1, -0.05) is 38.1 Å². The Balaban J connectivity index is 1.99. The van der Waals surface area contributed by atoms with Crippen molar-refractivity contribution in [3.8, 4) is 0 Å².